The number of benzene rings is 6. The van der Waals surface area contributed by atoms with Gasteiger partial charge in [0.05, 0.1) is 33.2 Å². The van der Waals surface area contributed by atoms with E-state index in [-0.39, 0.29) is 11.8 Å². The number of nitrogens with one attached hydrogen (secondary N) is 2. The number of carbonyl (C=O) groups is 2. The van der Waals surface area contributed by atoms with E-state index in [9.17, 15) is 9.59 Å². The van der Waals surface area contributed by atoms with Gasteiger partial charge in [0.2, 0.25) is 0 Å². The third-order valence-electron chi connectivity index (χ3n) is 9.35. The first-order valence-electron chi connectivity index (χ1n) is 18.6. The molecule has 11 heteroatoms. The van der Waals surface area contributed by atoms with E-state index in [0.717, 1.165) is 25.9 Å². The van der Waals surface area contributed by atoms with Gasteiger partial charge in [-0.05, 0) is 106 Å². The maximum Gasteiger partial charge on any atom is 0.253 e. The summed E-state index contributed by atoms with van der Waals surface area (Å²) in [4.78, 5) is 48.2. The third kappa shape index (κ3) is 8.08. The van der Waals surface area contributed by atoms with Gasteiger partial charge < -0.3 is 25.0 Å². The van der Waals surface area contributed by atoms with Gasteiger partial charge in [0.1, 0.15) is 33.6 Å². The Labute approximate surface area is 323 Å². The lowest BCUT2D eigenvalue weighted by Crippen LogP contribution is -2.31. The molecular weight excluding hydrogens is 703 g/mol. The molecule has 0 radical (unpaired) electrons. The predicted octanol–water partition coefficient (Wildman–Crippen LogP) is 8.34. The first-order chi connectivity index (χ1) is 27.5. The van der Waals surface area contributed by atoms with Crippen LogP contribution < -0.4 is 20.1 Å². The van der Waals surface area contributed by atoms with E-state index in [1.165, 1.54) is 0 Å². The maximum atomic E-state index is 13.4. The number of hydrogen-bond acceptors (Lipinski definition) is 9. The fourth-order valence-electron chi connectivity index (χ4n) is 6.55. The lowest BCUT2D eigenvalue weighted by atomic mass is 10.1. The minimum absolute atomic E-state index is 0.206. The van der Waals surface area contributed by atoms with Gasteiger partial charge in [0, 0.05) is 13.1 Å². The summed E-state index contributed by atoms with van der Waals surface area (Å²) >= 11 is 0. The average molecular weight is 742 g/mol. The van der Waals surface area contributed by atoms with Crippen LogP contribution in [0.1, 0.15) is 33.6 Å². The van der Waals surface area contributed by atoms with Crippen molar-refractivity contribution in [3.63, 3.8) is 0 Å². The number of rotatable bonds is 14. The van der Waals surface area contributed by atoms with Gasteiger partial charge in [-0.1, -0.05) is 60.7 Å². The highest BCUT2D eigenvalue weighted by atomic mass is 16.5. The molecule has 2 heterocycles. The topological polar surface area (TPSA) is 131 Å². The summed E-state index contributed by atoms with van der Waals surface area (Å²) in [6.07, 6.45) is 1.50. The van der Waals surface area contributed by atoms with Crippen LogP contribution in [0.15, 0.2) is 133 Å². The van der Waals surface area contributed by atoms with Crippen molar-refractivity contribution in [2.45, 2.75) is 12.8 Å². The van der Waals surface area contributed by atoms with E-state index in [4.69, 9.17) is 29.4 Å². The van der Waals surface area contributed by atoms with Gasteiger partial charge in [-0.2, -0.15) is 0 Å². The molecule has 56 heavy (non-hydrogen) atoms. The number of carbonyl (C=O) groups excluding carboxylic acids is 2. The van der Waals surface area contributed by atoms with Crippen molar-refractivity contribution in [2.24, 2.45) is 0 Å². The molecule has 0 aliphatic heterocycles. The number of para-hydroxylation sites is 6. The van der Waals surface area contributed by atoms with Gasteiger partial charge in [-0.3, -0.25) is 9.59 Å². The van der Waals surface area contributed by atoms with Crippen LogP contribution in [-0.4, -0.2) is 69.9 Å². The molecule has 2 N–H and O–H groups in total. The second kappa shape index (κ2) is 16.6. The molecule has 0 aliphatic rings. The third-order valence-corrected chi connectivity index (χ3v) is 9.35. The van der Waals surface area contributed by atoms with Crippen molar-refractivity contribution < 1.29 is 19.1 Å². The Balaban J connectivity index is 0.834. The molecule has 8 rings (SSSR count). The first kappa shape index (κ1) is 36.0. The molecule has 0 fully saturated rings. The van der Waals surface area contributed by atoms with Crippen LogP contribution in [-0.2, 0) is 0 Å². The number of hydrogen-bond donors (Lipinski definition) is 2. The Kier molecular flexibility index (Phi) is 10.7. The van der Waals surface area contributed by atoms with Crippen molar-refractivity contribution >= 4 is 55.9 Å². The minimum Gasteiger partial charge on any atom is -0.455 e. The van der Waals surface area contributed by atoms with Gasteiger partial charge in [0.25, 0.3) is 11.8 Å². The van der Waals surface area contributed by atoms with Crippen molar-refractivity contribution in [3.05, 3.63) is 145 Å². The van der Waals surface area contributed by atoms with Crippen LogP contribution in [0.5, 0.6) is 23.0 Å². The van der Waals surface area contributed by atoms with Crippen LogP contribution >= 0.6 is 0 Å². The Morgan fingerprint density at radius 3 is 1.30 bits per heavy atom. The van der Waals surface area contributed by atoms with Crippen molar-refractivity contribution in [1.82, 2.24) is 35.5 Å². The van der Waals surface area contributed by atoms with Crippen LogP contribution in [0.2, 0.25) is 0 Å². The first-order valence-corrected chi connectivity index (χ1v) is 18.6. The number of fused-ring (bicyclic) bond motifs is 4. The molecule has 0 atom stereocenters. The quantitative estimate of drug-likeness (QED) is 0.0834. The normalized spacial score (nSPS) is 11.3. The molecule has 278 valence electrons. The van der Waals surface area contributed by atoms with Gasteiger partial charge in [-0.15, -0.1) is 0 Å². The summed E-state index contributed by atoms with van der Waals surface area (Å²) in [5.74, 6) is 2.11. The summed E-state index contributed by atoms with van der Waals surface area (Å²) < 4.78 is 12.2. The van der Waals surface area contributed by atoms with E-state index in [0.29, 0.717) is 91.3 Å². The highest BCUT2D eigenvalue weighted by Crippen LogP contribution is 2.31. The Hall–Kier alpha value is -6.98. The number of amides is 2. The molecule has 11 nitrogen and oxygen atoms in total. The van der Waals surface area contributed by atoms with Crippen molar-refractivity contribution in [1.29, 1.82) is 0 Å². The summed E-state index contributed by atoms with van der Waals surface area (Å²) in [7, 11) is 2.03. The maximum absolute atomic E-state index is 13.4. The lowest BCUT2D eigenvalue weighted by molar-refractivity contribution is 0.0947. The number of ether oxygens (including phenoxy) is 2. The molecule has 2 amide bonds. The van der Waals surface area contributed by atoms with Crippen LogP contribution in [0.4, 0.5) is 0 Å². The molecule has 0 saturated heterocycles. The Bertz CT molecular complexity index is 2490. The van der Waals surface area contributed by atoms with E-state index >= 15 is 0 Å². The SMILES string of the molecule is CN(CCCNC(=O)c1cccc2nc3cccc(Oc4ccccc4)c3nc12)CCCNC(=O)c1cccc2nc3cccc(Oc4ccccc4)c3nc12. The summed E-state index contributed by atoms with van der Waals surface area (Å²) in [5.41, 5.74) is 5.78. The van der Waals surface area contributed by atoms with Crippen LogP contribution in [0.3, 0.4) is 0 Å². The van der Waals surface area contributed by atoms with Crippen molar-refractivity contribution in [2.75, 3.05) is 33.2 Å². The van der Waals surface area contributed by atoms with Gasteiger partial charge in [0.15, 0.2) is 11.5 Å². The van der Waals surface area contributed by atoms with E-state index < -0.39 is 0 Å². The zero-order valence-corrected chi connectivity index (χ0v) is 30.8. The highest BCUT2D eigenvalue weighted by Gasteiger charge is 2.17. The molecular formula is C45H39N7O4. The number of aromatic nitrogens is 4. The molecule has 0 unspecified atom stereocenters. The summed E-state index contributed by atoms with van der Waals surface area (Å²) in [5, 5.41) is 6.10. The van der Waals surface area contributed by atoms with E-state index in [1.54, 1.807) is 12.1 Å². The largest absolute Gasteiger partial charge is 0.455 e. The summed E-state index contributed by atoms with van der Waals surface area (Å²) in [6, 6.07) is 41.1. The molecule has 0 bridgehead atoms. The van der Waals surface area contributed by atoms with E-state index in [2.05, 4.69) is 15.5 Å². The second-order valence-electron chi connectivity index (χ2n) is 13.4. The standard InChI is InChI=1S/C45H39N7O4/c1-52(28-12-26-46-44(53)32-18-8-20-34-40(32)50-42-36(48-34)22-10-24-38(42)55-30-14-4-2-5-15-30)29-13-27-47-45(54)33-19-9-21-35-41(33)51-43-37(49-35)23-11-25-39(43)56-31-16-6-3-7-17-31/h2-11,14-25H,12-13,26-29H2,1H3,(H,46,53)(H,47,54). The molecule has 6 aromatic carbocycles. The lowest BCUT2D eigenvalue weighted by Gasteiger charge is -2.17. The van der Waals surface area contributed by atoms with Crippen LogP contribution in [0.25, 0.3) is 44.1 Å². The monoisotopic (exact) mass is 741 g/mol. The average Bonchev–Trinajstić information content (AvgIpc) is 3.23. The van der Waals surface area contributed by atoms with E-state index in [1.807, 2.05) is 128 Å². The molecule has 0 saturated carbocycles. The van der Waals surface area contributed by atoms with Crippen molar-refractivity contribution in [3.8, 4) is 23.0 Å². The van der Waals surface area contributed by atoms with Crippen LogP contribution in [0, 0.1) is 0 Å². The zero-order chi connectivity index (χ0) is 38.3. The molecule has 0 aliphatic carbocycles. The number of nitrogens with zero attached hydrogens (tertiary/aromatic N) is 5. The zero-order valence-electron chi connectivity index (χ0n) is 30.8. The Morgan fingerprint density at radius 1 is 0.482 bits per heavy atom. The fraction of sp³-hybridized carbons (Fsp3) is 0.156. The predicted molar refractivity (Wildman–Crippen MR) is 219 cm³/mol. The highest BCUT2D eigenvalue weighted by molar-refractivity contribution is 6.07. The smallest absolute Gasteiger partial charge is 0.253 e. The Morgan fingerprint density at radius 2 is 0.875 bits per heavy atom. The summed E-state index contributed by atoms with van der Waals surface area (Å²) in [6.45, 7) is 2.53. The molecule has 0 spiro atoms. The molecule has 8 aromatic rings. The van der Waals surface area contributed by atoms with Gasteiger partial charge in [-0.25, -0.2) is 19.9 Å². The fourth-order valence-corrected chi connectivity index (χ4v) is 6.55. The van der Waals surface area contributed by atoms with Gasteiger partial charge >= 0.3 is 0 Å². The molecule has 2 aromatic heterocycles. The second-order valence-corrected chi connectivity index (χ2v) is 13.4. The minimum atomic E-state index is -0.206.